The van der Waals surface area contributed by atoms with Crippen molar-refractivity contribution in [3.05, 3.63) is 28.7 Å². The summed E-state index contributed by atoms with van der Waals surface area (Å²) in [6.45, 7) is 0.498. The first-order chi connectivity index (χ1) is 8.97. The Morgan fingerprint density at radius 3 is 2.58 bits per heavy atom. The van der Waals surface area contributed by atoms with E-state index in [1.165, 1.54) is 0 Å². The van der Waals surface area contributed by atoms with Crippen molar-refractivity contribution in [1.82, 2.24) is 4.72 Å². The molecular formula is C13H17BrClNO2S. The minimum atomic E-state index is -3.41. The van der Waals surface area contributed by atoms with E-state index in [9.17, 15) is 8.42 Å². The van der Waals surface area contributed by atoms with Crippen molar-refractivity contribution in [3.63, 3.8) is 0 Å². The Labute approximate surface area is 127 Å². The lowest BCUT2D eigenvalue weighted by atomic mass is 9.89. The van der Waals surface area contributed by atoms with Gasteiger partial charge in [0.2, 0.25) is 10.0 Å². The number of nitrogens with one attached hydrogen (secondary N) is 1. The fourth-order valence-electron chi connectivity index (χ4n) is 2.27. The topological polar surface area (TPSA) is 46.2 Å². The zero-order chi connectivity index (χ0) is 13.9. The Balaban J connectivity index is 1.95. The highest BCUT2D eigenvalue weighted by Gasteiger charge is 2.22. The molecule has 1 aliphatic carbocycles. The third kappa shape index (κ3) is 4.45. The van der Waals surface area contributed by atoms with Crippen molar-refractivity contribution in [1.29, 1.82) is 0 Å². The van der Waals surface area contributed by atoms with Crippen LogP contribution in [-0.4, -0.2) is 20.3 Å². The maximum atomic E-state index is 12.1. The van der Waals surface area contributed by atoms with Crippen molar-refractivity contribution < 1.29 is 8.42 Å². The van der Waals surface area contributed by atoms with Gasteiger partial charge in [0, 0.05) is 16.4 Å². The summed E-state index contributed by atoms with van der Waals surface area (Å²) in [6, 6.07) is 6.73. The summed E-state index contributed by atoms with van der Waals surface area (Å²) < 4.78 is 27.7. The number of benzene rings is 1. The zero-order valence-electron chi connectivity index (χ0n) is 10.5. The van der Waals surface area contributed by atoms with Crippen LogP contribution in [0.25, 0.3) is 0 Å². The molecule has 0 amide bonds. The molecule has 19 heavy (non-hydrogen) atoms. The number of hydrogen-bond donors (Lipinski definition) is 1. The third-order valence-corrected chi connectivity index (χ3v) is 5.80. The van der Waals surface area contributed by atoms with Crippen molar-refractivity contribution in [3.8, 4) is 0 Å². The summed E-state index contributed by atoms with van der Waals surface area (Å²) >= 11 is 9.32. The molecule has 0 heterocycles. The third-order valence-electron chi connectivity index (χ3n) is 3.44. The molecule has 1 fully saturated rings. The molecule has 106 valence electrons. The van der Waals surface area contributed by atoms with Crippen LogP contribution >= 0.6 is 27.5 Å². The Bertz CT molecular complexity index is 527. The Morgan fingerprint density at radius 1 is 1.26 bits per heavy atom. The van der Waals surface area contributed by atoms with E-state index in [-0.39, 0.29) is 5.38 Å². The number of alkyl halides is 1. The van der Waals surface area contributed by atoms with Gasteiger partial charge in [0.15, 0.2) is 0 Å². The van der Waals surface area contributed by atoms with Crippen LogP contribution in [-0.2, 0) is 10.0 Å². The second-order valence-corrected chi connectivity index (χ2v) is 8.23. The molecule has 0 aliphatic heterocycles. The van der Waals surface area contributed by atoms with E-state index in [4.69, 9.17) is 11.6 Å². The molecule has 0 unspecified atom stereocenters. The standard InChI is InChI=1S/C13H17BrClNO2S/c14-11-2-1-3-13(8-11)19(17,18)16-9-10-4-6-12(15)7-5-10/h1-3,8,10,12,16H,4-7,9H2. The first-order valence-electron chi connectivity index (χ1n) is 6.36. The minimum Gasteiger partial charge on any atom is -0.211 e. The molecule has 0 aromatic heterocycles. The van der Waals surface area contributed by atoms with Crippen LogP contribution in [0.5, 0.6) is 0 Å². The zero-order valence-corrected chi connectivity index (χ0v) is 13.6. The molecule has 1 aliphatic rings. The first kappa shape index (κ1) is 15.3. The second kappa shape index (κ2) is 6.57. The fourth-order valence-corrected chi connectivity index (χ4v) is 4.24. The van der Waals surface area contributed by atoms with Crippen molar-refractivity contribution in [2.24, 2.45) is 5.92 Å². The minimum absolute atomic E-state index is 0.262. The maximum Gasteiger partial charge on any atom is 0.240 e. The monoisotopic (exact) mass is 365 g/mol. The molecule has 0 atom stereocenters. The van der Waals surface area contributed by atoms with E-state index in [2.05, 4.69) is 20.7 Å². The molecule has 1 saturated carbocycles. The van der Waals surface area contributed by atoms with Gasteiger partial charge in [0.1, 0.15) is 0 Å². The second-order valence-electron chi connectivity index (χ2n) is 4.93. The molecule has 0 saturated heterocycles. The van der Waals surface area contributed by atoms with Gasteiger partial charge in [0.05, 0.1) is 4.90 Å². The molecule has 0 bridgehead atoms. The summed E-state index contributed by atoms with van der Waals surface area (Å²) in [7, 11) is -3.41. The van der Waals surface area contributed by atoms with E-state index in [1.54, 1.807) is 24.3 Å². The number of sulfonamides is 1. The molecular weight excluding hydrogens is 350 g/mol. The van der Waals surface area contributed by atoms with Crippen LogP contribution in [0.15, 0.2) is 33.6 Å². The Hall–Kier alpha value is -0.100. The molecule has 6 heteroatoms. The first-order valence-corrected chi connectivity index (χ1v) is 9.08. The lowest BCUT2D eigenvalue weighted by Gasteiger charge is -2.25. The van der Waals surface area contributed by atoms with E-state index in [0.717, 1.165) is 30.2 Å². The number of rotatable bonds is 4. The molecule has 3 nitrogen and oxygen atoms in total. The predicted octanol–water partition coefficient (Wildman–Crippen LogP) is 3.53. The Morgan fingerprint density at radius 2 is 1.95 bits per heavy atom. The van der Waals surface area contributed by atoms with Crippen LogP contribution in [0.1, 0.15) is 25.7 Å². The average Bonchev–Trinajstić information content (AvgIpc) is 2.38. The predicted molar refractivity (Wildman–Crippen MR) is 80.9 cm³/mol. The average molecular weight is 367 g/mol. The molecule has 0 spiro atoms. The van der Waals surface area contributed by atoms with Crippen LogP contribution in [0.3, 0.4) is 0 Å². The van der Waals surface area contributed by atoms with Crippen LogP contribution in [0.4, 0.5) is 0 Å². The number of halogens is 2. The van der Waals surface area contributed by atoms with Crippen LogP contribution in [0, 0.1) is 5.92 Å². The summed E-state index contributed by atoms with van der Waals surface area (Å²) in [5.74, 6) is 0.400. The normalized spacial score (nSPS) is 24.3. The van der Waals surface area contributed by atoms with Gasteiger partial charge in [0.25, 0.3) is 0 Å². The van der Waals surface area contributed by atoms with Gasteiger partial charge in [-0.15, -0.1) is 11.6 Å². The lowest BCUT2D eigenvalue weighted by Crippen LogP contribution is -2.31. The van der Waals surface area contributed by atoms with Crippen LogP contribution < -0.4 is 4.72 Å². The van der Waals surface area contributed by atoms with Gasteiger partial charge in [-0.25, -0.2) is 13.1 Å². The molecule has 2 rings (SSSR count). The highest BCUT2D eigenvalue weighted by atomic mass is 79.9. The fraction of sp³-hybridized carbons (Fsp3) is 0.538. The van der Waals surface area contributed by atoms with Crippen molar-refractivity contribution >= 4 is 37.6 Å². The highest BCUT2D eigenvalue weighted by molar-refractivity contribution is 9.10. The van der Waals surface area contributed by atoms with Crippen LogP contribution in [0.2, 0.25) is 0 Å². The van der Waals surface area contributed by atoms with Gasteiger partial charge >= 0.3 is 0 Å². The number of hydrogen-bond acceptors (Lipinski definition) is 2. The van der Waals surface area contributed by atoms with Gasteiger partial charge in [-0.2, -0.15) is 0 Å². The summed E-state index contributed by atoms with van der Waals surface area (Å²) in [5.41, 5.74) is 0. The van der Waals surface area contributed by atoms with Gasteiger partial charge in [-0.05, 0) is 49.8 Å². The molecule has 1 N–H and O–H groups in total. The largest absolute Gasteiger partial charge is 0.240 e. The summed E-state index contributed by atoms with van der Waals surface area (Å²) in [6.07, 6.45) is 3.94. The van der Waals surface area contributed by atoms with Gasteiger partial charge < -0.3 is 0 Å². The molecule has 1 aromatic rings. The van der Waals surface area contributed by atoms with Gasteiger partial charge in [-0.3, -0.25) is 0 Å². The van der Waals surface area contributed by atoms with E-state index >= 15 is 0 Å². The molecule has 1 aromatic carbocycles. The smallest absolute Gasteiger partial charge is 0.211 e. The molecule has 0 radical (unpaired) electrons. The summed E-state index contributed by atoms with van der Waals surface area (Å²) in [5, 5.41) is 0.262. The Kier molecular flexibility index (Phi) is 5.29. The summed E-state index contributed by atoms with van der Waals surface area (Å²) in [4.78, 5) is 0.299. The lowest BCUT2D eigenvalue weighted by molar-refractivity contribution is 0.361. The van der Waals surface area contributed by atoms with E-state index < -0.39 is 10.0 Å². The van der Waals surface area contributed by atoms with E-state index in [1.807, 2.05) is 0 Å². The van der Waals surface area contributed by atoms with Crippen molar-refractivity contribution in [2.45, 2.75) is 36.0 Å². The SMILES string of the molecule is O=S(=O)(NCC1CCC(Cl)CC1)c1cccc(Br)c1. The highest BCUT2D eigenvalue weighted by Crippen LogP contribution is 2.27. The maximum absolute atomic E-state index is 12.1. The van der Waals surface area contributed by atoms with Gasteiger partial charge in [-0.1, -0.05) is 22.0 Å². The van der Waals surface area contributed by atoms with Crippen molar-refractivity contribution in [2.75, 3.05) is 6.54 Å². The quantitative estimate of drug-likeness (QED) is 0.829. The van der Waals surface area contributed by atoms with E-state index in [0.29, 0.717) is 17.4 Å².